The van der Waals surface area contributed by atoms with Gasteiger partial charge < -0.3 is 36.2 Å². The summed E-state index contributed by atoms with van der Waals surface area (Å²) in [6.45, 7) is 0. The minimum Gasteiger partial charge on any atom is -0.508 e. The van der Waals surface area contributed by atoms with Gasteiger partial charge in [-0.25, -0.2) is 4.39 Å². The number of anilines is 1. The molecule has 4 atom stereocenters. The van der Waals surface area contributed by atoms with Crippen molar-refractivity contribution in [1.82, 2.24) is 4.90 Å². The summed E-state index contributed by atoms with van der Waals surface area (Å²) in [7, 11) is 4.37. The quantitative estimate of drug-likeness (QED) is 0.221. The van der Waals surface area contributed by atoms with E-state index < -0.39 is 92.3 Å². The number of ether oxygens (including phenoxy) is 1. The molecule has 2 amide bonds. The molecule has 2 aromatic carbocycles. The van der Waals surface area contributed by atoms with Crippen LogP contribution in [0.5, 0.6) is 11.5 Å². The number of nitrogens with two attached hydrogens (primary N) is 1. The number of phenols is 1. The Morgan fingerprint density at radius 3 is 2.48 bits per heavy atom. The minimum absolute atomic E-state index is 0.125. The van der Waals surface area contributed by atoms with E-state index in [4.69, 9.17) is 10.5 Å². The van der Waals surface area contributed by atoms with Crippen LogP contribution in [0.1, 0.15) is 27.9 Å². The van der Waals surface area contributed by atoms with Gasteiger partial charge in [0.1, 0.15) is 28.7 Å². The molecule has 7 N–H and O–H groups in total. The summed E-state index contributed by atoms with van der Waals surface area (Å²) >= 11 is 0. The zero-order chi connectivity index (χ0) is 30.8. The maximum Gasteiger partial charge on any atom is 0.255 e. The molecule has 0 radical (unpaired) electrons. The highest BCUT2D eigenvalue weighted by atomic mass is 19.1. The number of primary amides is 1. The molecule has 3 aliphatic carbocycles. The predicted octanol–water partition coefficient (Wildman–Crippen LogP) is 1.36. The average Bonchev–Trinajstić information content (AvgIpc) is 2.93. The van der Waals surface area contributed by atoms with E-state index in [1.807, 2.05) is 0 Å². The van der Waals surface area contributed by atoms with Crippen LogP contribution in [0.4, 0.5) is 10.1 Å². The van der Waals surface area contributed by atoms with E-state index in [2.05, 4.69) is 5.32 Å². The number of methoxy groups -OCH3 is 1. The lowest BCUT2D eigenvalue weighted by Crippen LogP contribution is -2.65. The number of ketones is 2. The van der Waals surface area contributed by atoms with Gasteiger partial charge in [0.05, 0.1) is 24.4 Å². The Labute approximate surface area is 238 Å². The van der Waals surface area contributed by atoms with E-state index in [0.29, 0.717) is 5.75 Å². The first kappa shape index (κ1) is 28.8. The third kappa shape index (κ3) is 4.03. The molecule has 0 bridgehead atoms. The second-order valence-electron chi connectivity index (χ2n) is 10.8. The van der Waals surface area contributed by atoms with Crippen molar-refractivity contribution in [2.75, 3.05) is 26.5 Å². The van der Waals surface area contributed by atoms with Crippen molar-refractivity contribution in [3.05, 3.63) is 69.7 Å². The maximum absolute atomic E-state index is 15.5. The molecule has 0 aliphatic heterocycles. The first-order valence-corrected chi connectivity index (χ1v) is 12.9. The van der Waals surface area contributed by atoms with Gasteiger partial charge >= 0.3 is 0 Å². The van der Waals surface area contributed by atoms with Gasteiger partial charge in [-0.1, -0.05) is 6.07 Å². The average molecular weight is 582 g/mol. The van der Waals surface area contributed by atoms with Crippen LogP contribution in [0.3, 0.4) is 0 Å². The van der Waals surface area contributed by atoms with Crippen molar-refractivity contribution in [3.8, 4) is 11.5 Å². The van der Waals surface area contributed by atoms with E-state index in [1.54, 1.807) is 12.1 Å². The number of likely N-dealkylation sites (N-methyl/N-ethyl adjacent to an activating group) is 1. The lowest BCUT2D eigenvalue weighted by atomic mass is 9.57. The second-order valence-corrected chi connectivity index (χ2v) is 10.8. The Kier molecular flexibility index (Phi) is 6.82. The fraction of sp³-hybridized carbons (Fsp3) is 0.310. The van der Waals surface area contributed by atoms with E-state index >= 15 is 4.39 Å². The summed E-state index contributed by atoms with van der Waals surface area (Å²) in [6.07, 6.45) is -0.404. The third-order valence-electron chi connectivity index (χ3n) is 8.25. The number of phenolic OH excluding ortho intramolecular Hbond substituents is 1. The summed E-state index contributed by atoms with van der Waals surface area (Å²) < 4.78 is 20.6. The zero-order valence-corrected chi connectivity index (χ0v) is 22.8. The zero-order valence-electron chi connectivity index (χ0n) is 22.8. The van der Waals surface area contributed by atoms with Crippen LogP contribution in [-0.2, 0) is 20.8 Å². The number of aromatic hydroxyl groups is 1. The van der Waals surface area contributed by atoms with Crippen LogP contribution >= 0.6 is 0 Å². The highest BCUT2D eigenvalue weighted by molar-refractivity contribution is 6.24. The smallest absolute Gasteiger partial charge is 0.255 e. The second kappa shape index (κ2) is 9.96. The highest BCUT2D eigenvalue weighted by Crippen LogP contribution is 2.53. The number of hydrogen-bond donors (Lipinski definition) is 6. The van der Waals surface area contributed by atoms with Crippen LogP contribution in [-0.4, -0.2) is 81.6 Å². The van der Waals surface area contributed by atoms with Crippen molar-refractivity contribution in [2.24, 2.45) is 17.6 Å². The summed E-state index contributed by atoms with van der Waals surface area (Å²) in [5, 5.41) is 47.3. The summed E-state index contributed by atoms with van der Waals surface area (Å²) in [5.74, 6) is -9.78. The molecule has 1 saturated carbocycles. The van der Waals surface area contributed by atoms with Crippen LogP contribution < -0.4 is 15.8 Å². The standard InChI is InChI=1S/C29H28FN3O9/c1-33(2)21-15-9-12-8-14-16(30)10-17(32-28(40)11-5-4-6-13(7-11)42-3)22(34)19(14)23(35)18(12)25(37)29(15,41)26(38)20(24(21)36)27(31)39/h4-7,10,12,15,21,34-35,38,41H,8-9H2,1-3H3,(H2,31,39)(H,32,40)/t12-,15-,21-,29-/m0/s1. The summed E-state index contributed by atoms with van der Waals surface area (Å²) in [4.78, 5) is 53.3. The van der Waals surface area contributed by atoms with E-state index in [-0.39, 0.29) is 24.0 Å². The van der Waals surface area contributed by atoms with Crippen LogP contribution in [0.2, 0.25) is 0 Å². The number of nitrogens with one attached hydrogen (secondary N) is 1. The summed E-state index contributed by atoms with van der Waals surface area (Å²) in [6, 6.07) is 5.66. The number of carbonyl (C=O) groups excluding carboxylic acids is 4. The molecule has 0 saturated heterocycles. The van der Waals surface area contributed by atoms with Gasteiger partial charge in [0.15, 0.2) is 17.1 Å². The Hall–Kier alpha value is -4.75. The van der Waals surface area contributed by atoms with Crippen molar-refractivity contribution >= 4 is 34.8 Å². The molecular formula is C29H28FN3O9. The molecule has 3 aliphatic rings. The predicted molar refractivity (Wildman–Crippen MR) is 145 cm³/mol. The van der Waals surface area contributed by atoms with Crippen molar-refractivity contribution in [1.29, 1.82) is 0 Å². The molecule has 0 unspecified atom stereocenters. The van der Waals surface area contributed by atoms with Crippen molar-refractivity contribution in [2.45, 2.75) is 24.5 Å². The molecule has 2 aromatic rings. The van der Waals surface area contributed by atoms with Gasteiger partial charge in [0.25, 0.3) is 11.8 Å². The molecule has 0 heterocycles. The number of Topliss-reactive ketones (excluding diaryl/α,β-unsaturated/α-hetero) is 2. The monoisotopic (exact) mass is 581 g/mol. The lowest BCUT2D eigenvalue weighted by Gasteiger charge is -2.50. The van der Waals surface area contributed by atoms with Crippen LogP contribution in [0, 0.1) is 17.7 Å². The number of carbonyl (C=O) groups is 4. The molecule has 5 rings (SSSR count). The molecule has 12 nitrogen and oxygen atoms in total. The Morgan fingerprint density at radius 2 is 1.86 bits per heavy atom. The fourth-order valence-corrected chi connectivity index (χ4v) is 6.32. The number of aliphatic hydroxyl groups excluding tert-OH is 2. The molecule has 0 spiro atoms. The van der Waals surface area contributed by atoms with E-state index in [9.17, 15) is 39.6 Å². The number of benzene rings is 2. The highest BCUT2D eigenvalue weighted by Gasteiger charge is 2.64. The normalized spacial score (nSPS) is 25.1. The maximum atomic E-state index is 15.5. The fourth-order valence-electron chi connectivity index (χ4n) is 6.32. The van der Waals surface area contributed by atoms with Gasteiger partial charge in [-0.15, -0.1) is 0 Å². The Balaban J connectivity index is 1.63. The molecule has 42 heavy (non-hydrogen) atoms. The number of amides is 2. The molecule has 220 valence electrons. The number of fused-ring (bicyclic) bond motifs is 3. The van der Waals surface area contributed by atoms with Gasteiger partial charge in [-0.3, -0.25) is 24.1 Å². The van der Waals surface area contributed by atoms with Gasteiger partial charge in [0, 0.05) is 28.7 Å². The number of aliphatic hydroxyl groups is 3. The van der Waals surface area contributed by atoms with Gasteiger partial charge in [-0.05, 0) is 51.1 Å². The Bertz CT molecular complexity index is 1650. The van der Waals surface area contributed by atoms with Crippen LogP contribution in [0.25, 0.3) is 5.76 Å². The molecule has 0 aromatic heterocycles. The largest absolute Gasteiger partial charge is 0.508 e. The van der Waals surface area contributed by atoms with E-state index in [0.717, 1.165) is 6.07 Å². The SMILES string of the molecule is COc1cccc(C(=O)Nc2cc(F)c3c(c2O)C(O)=C2C(=O)[C@]4(O)C(O)=C(C(N)=O)C(=O)[C@@H](N(C)C)[C@@H]4C[C@@H]2C3)c1. The number of hydrogen-bond acceptors (Lipinski definition) is 10. The third-order valence-corrected chi connectivity index (χ3v) is 8.25. The Morgan fingerprint density at radius 1 is 1.17 bits per heavy atom. The lowest BCUT2D eigenvalue weighted by molar-refractivity contribution is -0.153. The van der Waals surface area contributed by atoms with Crippen molar-refractivity contribution in [3.63, 3.8) is 0 Å². The minimum atomic E-state index is -2.82. The van der Waals surface area contributed by atoms with Crippen molar-refractivity contribution < 1.29 is 48.7 Å². The van der Waals surface area contributed by atoms with Crippen LogP contribution in [0.15, 0.2) is 47.2 Å². The molecule has 1 fully saturated rings. The number of halogens is 1. The molecule has 13 heteroatoms. The van der Waals surface area contributed by atoms with Gasteiger partial charge in [0.2, 0.25) is 5.78 Å². The van der Waals surface area contributed by atoms with E-state index in [1.165, 1.54) is 38.2 Å². The number of rotatable bonds is 5. The van der Waals surface area contributed by atoms with Gasteiger partial charge in [-0.2, -0.15) is 0 Å². The summed E-state index contributed by atoms with van der Waals surface area (Å²) in [5.41, 5.74) is 0.205. The topological polar surface area (TPSA) is 200 Å². The number of nitrogens with zero attached hydrogens (tertiary/aromatic N) is 1. The first-order chi connectivity index (χ1) is 19.7. The first-order valence-electron chi connectivity index (χ1n) is 12.9. The molecular weight excluding hydrogens is 553 g/mol.